The molecule has 1 aliphatic rings. The molecule has 4 rings (SSSR count). The van der Waals surface area contributed by atoms with Gasteiger partial charge in [-0.05, 0) is 62.6 Å². The van der Waals surface area contributed by atoms with Crippen molar-refractivity contribution in [3.63, 3.8) is 0 Å². The van der Waals surface area contributed by atoms with Gasteiger partial charge in [-0.2, -0.15) is 0 Å². The molecule has 1 N–H and O–H groups in total. The van der Waals surface area contributed by atoms with E-state index < -0.39 is 0 Å². The summed E-state index contributed by atoms with van der Waals surface area (Å²) in [5.41, 5.74) is 2.99. The maximum absolute atomic E-state index is 12.7. The first kappa shape index (κ1) is 20.2. The van der Waals surface area contributed by atoms with E-state index in [1.54, 1.807) is 23.5 Å². The predicted octanol–water partition coefficient (Wildman–Crippen LogP) is 4.71. The molecule has 3 aromatic rings. The van der Waals surface area contributed by atoms with Gasteiger partial charge in [0.15, 0.2) is 0 Å². The number of aryl methyl sites for hydroxylation is 2. The third kappa shape index (κ3) is 5.10. The van der Waals surface area contributed by atoms with Crippen molar-refractivity contribution >= 4 is 35.0 Å². The zero-order valence-corrected chi connectivity index (χ0v) is 18.0. The Hall–Kier alpha value is -3.06. The monoisotopic (exact) mass is 419 g/mol. The second-order valence-electron chi connectivity index (χ2n) is 7.51. The maximum atomic E-state index is 12.7. The van der Waals surface area contributed by atoms with Gasteiger partial charge in [-0.1, -0.05) is 6.07 Å². The van der Waals surface area contributed by atoms with Gasteiger partial charge in [0, 0.05) is 42.4 Å². The lowest BCUT2D eigenvalue weighted by Crippen LogP contribution is -2.38. The standard InChI is InChI=1S/C23H25N5OS/c1-16-5-3-7-21(25-16)27-22-13-18(10-11-24-22)19-6-4-12-28(14-19)23(29)9-8-20-15-30-17(2)26-20/h3,5,7-11,13,15,19H,4,6,12,14H2,1-2H3,(H,24,25,27). The molecule has 1 saturated heterocycles. The first-order chi connectivity index (χ1) is 14.6. The lowest BCUT2D eigenvalue weighted by molar-refractivity contribution is -0.127. The molecule has 1 fully saturated rings. The zero-order chi connectivity index (χ0) is 20.9. The summed E-state index contributed by atoms with van der Waals surface area (Å²) in [4.78, 5) is 27.9. The van der Waals surface area contributed by atoms with Gasteiger partial charge in [0.05, 0.1) is 10.7 Å². The van der Waals surface area contributed by atoms with E-state index in [1.807, 2.05) is 54.6 Å². The Morgan fingerprint density at radius 2 is 2.13 bits per heavy atom. The average molecular weight is 420 g/mol. The number of aromatic nitrogens is 3. The van der Waals surface area contributed by atoms with Crippen molar-refractivity contribution in [3.8, 4) is 0 Å². The van der Waals surface area contributed by atoms with E-state index in [4.69, 9.17) is 0 Å². The van der Waals surface area contributed by atoms with E-state index in [0.29, 0.717) is 12.5 Å². The van der Waals surface area contributed by atoms with Crippen molar-refractivity contribution < 1.29 is 4.79 Å². The van der Waals surface area contributed by atoms with Gasteiger partial charge in [0.1, 0.15) is 11.6 Å². The second-order valence-corrected chi connectivity index (χ2v) is 8.57. The molecule has 30 heavy (non-hydrogen) atoms. The molecule has 1 amide bonds. The predicted molar refractivity (Wildman–Crippen MR) is 121 cm³/mol. The fourth-order valence-electron chi connectivity index (χ4n) is 3.68. The topological polar surface area (TPSA) is 71.0 Å². The molecule has 0 aliphatic carbocycles. The van der Waals surface area contributed by atoms with Gasteiger partial charge in [0.2, 0.25) is 5.91 Å². The minimum absolute atomic E-state index is 0.0433. The van der Waals surface area contributed by atoms with Crippen molar-refractivity contribution in [3.05, 3.63) is 69.9 Å². The minimum atomic E-state index is 0.0433. The van der Waals surface area contributed by atoms with Gasteiger partial charge >= 0.3 is 0 Å². The summed E-state index contributed by atoms with van der Waals surface area (Å²) in [5, 5.41) is 6.25. The van der Waals surface area contributed by atoms with E-state index in [1.165, 1.54) is 5.56 Å². The highest BCUT2D eigenvalue weighted by atomic mass is 32.1. The summed E-state index contributed by atoms with van der Waals surface area (Å²) in [5.74, 6) is 1.89. The summed E-state index contributed by atoms with van der Waals surface area (Å²) in [6.07, 6.45) is 7.31. The fraction of sp³-hybridized carbons (Fsp3) is 0.304. The summed E-state index contributed by atoms with van der Waals surface area (Å²) < 4.78 is 0. The van der Waals surface area contributed by atoms with E-state index in [9.17, 15) is 4.79 Å². The Bertz CT molecular complexity index is 1060. The van der Waals surface area contributed by atoms with Gasteiger partial charge in [0.25, 0.3) is 0 Å². The zero-order valence-electron chi connectivity index (χ0n) is 17.2. The van der Waals surface area contributed by atoms with Crippen LogP contribution in [0.4, 0.5) is 11.6 Å². The van der Waals surface area contributed by atoms with Crippen LogP contribution in [0.25, 0.3) is 6.08 Å². The number of thiazole rings is 1. The number of anilines is 2. The minimum Gasteiger partial charge on any atom is -0.339 e. The quantitative estimate of drug-likeness (QED) is 0.606. The summed E-state index contributed by atoms with van der Waals surface area (Å²) in [7, 11) is 0. The molecule has 0 bridgehead atoms. The highest BCUT2D eigenvalue weighted by molar-refractivity contribution is 7.09. The highest BCUT2D eigenvalue weighted by Gasteiger charge is 2.24. The van der Waals surface area contributed by atoms with Crippen LogP contribution in [0.3, 0.4) is 0 Å². The molecule has 1 atom stereocenters. The van der Waals surface area contributed by atoms with Crippen LogP contribution in [0, 0.1) is 13.8 Å². The molecule has 3 aromatic heterocycles. The number of hydrogen-bond donors (Lipinski definition) is 1. The SMILES string of the molecule is Cc1cccc(Nc2cc(C3CCCN(C(=O)C=Cc4csc(C)n4)C3)ccn2)n1. The van der Waals surface area contributed by atoms with Crippen LogP contribution in [0.5, 0.6) is 0 Å². The van der Waals surface area contributed by atoms with Crippen molar-refractivity contribution in [2.45, 2.75) is 32.6 Å². The number of rotatable bonds is 5. The van der Waals surface area contributed by atoms with Crippen LogP contribution >= 0.6 is 11.3 Å². The lowest BCUT2D eigenvalue weighted by atomic mass is 9.91. The number of piperidine rings is 1. The van der Waals surface area contributed by atoms with Crippen molar-refractivity contribution in [1.82, 2.24) is 19.9 Å². The molecule has 1 aliphatic heterocycles. The molecule has 4 heterocycles. The number of carbonyl (C=O) groups excluding carboxylic acids is 1. The van der Waals surface area contributed by atoms with Gasteiger partial charge < -0.3 is 10.2 Å². The van der Waals surface area contributed by atoms with E-state index in [0.717, 1.165) is 47.4 Å². The van der Waals surface area contributed by atoms with E-state index >= 15 is 0 Å². The van der Waals surface area contributed by atoms with Gasteiger partial charge in [-0.15, -0.1) is 11.3 Å². The van der Waals surface area contributed by atoms with Crippen molar-refractivity contribution in [2.24, 2.45) is 0 Å². The highest BCUT2D eigenvalue weighted by Crippen LogP contribution is 2.28. The summed E-state index contributed by atoms with van der Waals surface area (Å²) >= 11 is 1.59. The van der Waals surface area contributed by atoms with Gasteiger partial charge in [-0.25, -0.2) is 15.0 Å². The number of nitrogens with one attached hydrogen (secondary N) is 1. The first-order valence-corrected chi connectivity index (χ1v) is 11.0. The number of hydrogen-bond acceptors (Lipinski definition) is 6. The number of likely N-dealkylation sites (tertiary alicyclic amines) is 1. The lowest BCUT2D eigenvalue weighted by Gasteiger charge is -2.32. The molecular formula is C23H25N5OS. The molecule has 154 valence electrons. The Kier molecular flexibility index (Phi) is 6.18. The Labute approximate surface area is 180 Å². The van der Waals surface area contributed by atoms with Crippen LogP contribution in [0.15, 0.2) is 48.0 Å². The second kappa shape index (κ2) is 9.17. The van der Waals surface area contributed by atoms with Crippen LogP contribution in [-0.4, -0.2) is 38.8 Å². The fourth-order valence-corrected chi connectivity index (χ4v) is 4.26. The number of nitrogens with zero attached hydrogens (tertiary/aromatic N) is 4. The van der Waals surface area contributed by atoms with Crippen molar-refractivity contribution in [1.29, 1.82) is 0 Å². The molecule has 0 saturated carbocycles. The molecule has 7 heteroatoms. The normalized spacial score (nSPS) is 16.7. The van der Waals surface area contributed by atoms with E-state index in [2.05, 4.69) is 26.3 Å². The van der Waals surface area contributed by atoms with E-state index in [-0.39, 0.29) is 5.91 Å². The van der Waals surface area contributed by atoms with Gasteiger partial charge in [-0.3, -0.25) is 4.79 Å². The Morgan fingerprint density at radius 1 is 1.23 bits per heavy atom. The number of amides is 1. The van der Waals surface area contributed by atoms with Crippen LogP contribution in [0.2, 0.25) is 0 Å². The van der Waals surface area contributed by atoms with Crippen LogP contribution in [0.1, 0.15) is 40.7 Å². The average Bonchev–Trinajstić information content (AvgIpc) is 3.17. The number of carbonyl (C=O) groups is 1. The van der Waals surface area contributed by atoms with Crippen molar-refractivity contribution in [2.75, 3.05) is 18.4 Å². The molecule has 0 spiro atoms. The molecule has 1 unspecified atom stereocenters. The Balaban J connectivity index is 1.42. The smallest absolute Gasteiger partial charge is 0.246 e. The maximum Gasteiger partial charge on any atom is 0.246 e. The first-order valence-electron chi connectivity index (χ1n) is 10.1. The number of pyridine rings is 2. The summed E-state index contributed by atoms with van der Waals surface area (Å²) in [6, 6.07) is 9.97. The van der Waals surface area contributed by atoms with Crippen LogP contribution < -0.4 is 5.32 Å². The molecule has 6 nitrogen and oxygen atoms in total. The third-order valence-corrected chi connectivity index (χ3v) is 5.96. The Morgan fingerprint density at radius 3 is 2.93 bits per heavy atom. The molecular weight excluding hydrogens is 394 g/mol. The third-order valence-electron chi connectivity index (χ3n) is 5.17. The summed E-state index contributed by atoms with van der Waals surface area (Å²) in [6.45, 7) is 5.43. The molecule has 0 aromatic carbocycles. The largest absolute Gasteiger partial charge is 0.339 e. The molecule has 0 radical (unpaired) electrons. The van der Waals surface area contributed by atoms with Crippen LogP contribution in [-0.2, 0) is 4.79 Å².